The molecule has 0 saturated carbocycles. The van der Waals surface area contributed by atoms with Crippen LogP contribution in [0.4, 0.5) is 0 Å². The van der Waals surface area contributed by atoms with E-state index in [9.17, 15) is 8.42 Å². The number of aromatic nitrogens is 1. The third-order valence-electron chi connectivity index (χ3n) is 4.71. The van der Waals surface area contributed by atoms with Crippen LogP contribution < -0.4 is 0 Å². The summed E-state index contributed by atoms with van der Waals surface area (Å²) in [6.45, 7) is 4.68. The maximum absolute atomic E-state index is 12.8. The summed E-state index contributed by atoms with van der Waals surface area (Å²) in [5.41, 5.74) is 2.77. The number of hydrogen-bond acceptors (Lipinski definition) is 5. The van der Waals surface area contributed by atoms with Gasteiger partial charge in [0.15, 0.2) is 5.58 Å². The van der Waals surface area contributed by atoms with E-state index in [1.54, 1.807) is 18.2 Å². The monoisotopic (exact) mass is 405 g/mol. The highest BCUT2D eigenvalue weighted by molar-refractivity contribution is 7.89. The Bertz CT molecular complexity index is 1070. The molecule has 0 unspecified atom stereocenters. The van der Waals surface area contributed by atoms with Crippen LogP contribution >= 0.6 is 11.6 Å². The van der Waals surface area contributed by atoms with Gasteiger partial charge in [-0.15, -0.1) is 0 Å². The Kier molecular flexibility index (Phi) is 4.94. The fourth-order valence-corrected chi connectivity index (χ4v) is 4.97. The minimum Gasteiger partial charge on any atom is -0.439 e. The summed E-state index contributed by atoms with van der Waals surface area (Å²) in [6.07, 6.45) is 0. The molecule has 0 bridgehead atoms. The Labute approximate surface area is 163 Å². The molecule has 2 aromatic carbocycles. The van der Waals surface area contributed by atoms with E-state index in [1.807, 2.05) is 25.1 Å². The van der Waals surface area contributed by atoms with Crippen LogP contribution in [0.3, 0.4) is 0 Å². The molecule has 4 rings (SSSR count). The predicted octanol–water partition coefficient (Wildman–Crippen LogP) is 3.30. The number of rotatable bonds is 4. The van der Waals surface area contributed by atoms with Gasteiger partial charge in [0.2, 0.25) is 15.9 Å². The van der Waals surface area contributed by atoms with Crippen molar-refractivity contribution in [3.8, 4) is 0 Å². The molecule has 1 saturated heterocycles. The highest BCUT2D eigenvalue weighted by atomic mass is 35.5. The summed E-state index contributed by atoms with van der Waals surface area (Å²) in [5.74, 6) is 0.654. The number of nitrogens with zero attached hydrogens (tertiary/aromatic N) is 3. The fourth-order valence-electron chi connectivity index (χ4n) is 3.25. The van der Waals surface area contributed by atoms with E-state index in [1.165, 1.54) is 10.4 Å². The normalized spacial score (nSPS) is 16.8. The summed E-state index contributed by atoms with van der Waals surface area (Å²) in [7, 11) is -3.52. The molecule has 8 heteroatoms. The van der Waals surface area contributed by atoms with Crippen LogP contribution in [0.15, 0.2) is 51.8 Å². The second-order valence-corrected chi connectivity index (χ2v) is 9.09. The molecule has 2 heterocycles. The second-order valence-electron chi connectivity index (χ2n) is 6.72. The number of halogens is 1. The van der Waals surface area contributed by atoms with Crippen LogP contribution in [0, 0.1) is 6.92 Å². The van der Waals surface area contributed by atoms with Crippen molar-refractivity contribution in [3.63, 3.8) is 0 Å². The first-order valence-corrected chi connectivity index (χ1v) is 10.6. The largest absolute Gasteiger partial charge is 0.439 e. The van der Waals surface area contributed by atoms with Gasteiger partial charge in [-0.05, 0) is 42.8 Å². The van der Waals surface area contributed by atoms with Crippen molar-refractivity contribution in [2.75, 3.05) is 26.2 Å². The molecule has 0 spiro atoms. The number of hydrogen-bond donors (Lipinski definition) is 0. The molecular formula is C19H20ClN3O3S. The van der Waals surface area contributed by atoms with Crippen molar-refractivity contribution < 1.29 is 12.8 Å². The van der Waals surface area contributed by atoms with Gasteiger partial charge in [-0.3, -0.25) is 4.90 Å². The van der Waals surface area contributed by atoms with E-state index >= 15 is 0 Å². The summed E-state index contributed by atoms with van der Waals surface area (Å²) in [6, 6.07) is 12.3. The second kappa shape index (κ2) is 7.24. The Balaban J connectivity index is 1.42. The molecular weight excluding hydrogens is 386 g/mol. The fraction of sp³-hybridized carbons (Fsp3) is 0.316. The molecule has 6 nitrogen and oxygen atoms in total. The third kappa shape index (κ3) is 3.87. The maximum Gasteiger partial charge on any atom is 0.243 e. The van der Waals surface area contributed by atoms with Gasteiger partial charge < -0.3 is 4.42 Å². The van der Waals surface area contributed by atoms with Gasteiger partial charge in [0.1, 0.15) is 5.52 Å². The zero-order chi connectivity index (χ0) is 19.0. The molecule has 0 atom stereocenters. The van der Waals surface area contributed by atoms with Crippen LogP contribution in [0.2, 0.25) is 5.02 Å². The molecule has 27 heavy (non-hydrogen) atoms. The van der Waals surface area contributed by atoms with Crippen molar-refractivity contribution in [3.05, 3.63) is 58.9 Å². The zero-order valence-corrected chi connectivity index (χ0v) is 16.5. The maximum atomic E-state index is 12.8. The first kappa shape index (κ1) is 18.4. The molecule has 142 valence electrons. The van der Waals surface area contributed by atoms with Crippen molar-refractivity contribution in [2.24, 2.45) is 0 Å². The first-order valence-electron chi connectivity index (χ1n) is 8.76. The minimum absolute atomic E-state index is 0.234. The van der Waals surface area contributed by atoms with Gasteiger partial charge in [0.05, 0.1) is 11.4 Å². The van der Waals surface area contributed by atoms with Gasteiger partial charge in [0.25, 0.3) is 0 Å². The molecule has 0 aliphatic carbocycles. The minimum atomic E-state index is -3.52. The molecule has 1 aliphatic heterocycles. The summed E-state index contributed by atoms with van der Waals surface area (Å²) < 4.78 is 32.9. The van der Waals surface area contributed by atoms with Crippen LogP contribution in [0.5, 0.6) is 0 Å². The molecule has 0 radical (unpaired) electrons. The quantitative estimate of drug-likeness (QED) is 0.666. The molecule has 0 amide bonds. The SMILES string of the molecule is Cc1ccc2oc(CN3CCN(S(=O)(=O)c4cccc(Cl)c4)CC3)nc2c1. The van der Waals surface area contributed by atoms with E-state index < -0.39 is 10.0 Å². The van der Waals surface area contributed by atoms with E-state index in [4.69, 9.17) is 16.0 Å². The van der Waals surface area contributed by atoms with Crippen LogP contribution in [-0.2, 0) is 16.6 Å². The van der Waals surface area contributed by atoms with Crippen LogP contribution in [-0.4, -0.2) is 48.8 Å². The van der Waals surface area contributed by atoms with Crippen LogP contribution in [0.25, 0.3) is 11.1 Å². The molecule has 1 aromatic heterocycles. The molecule has 3 aromatic rings. The van der Waals surface area contributed by atoms with E-state index in [2.05, 4.69) is 9.88 Å². The summed E-state index contributed by atoms with van der Waals surface area (Å²) in [5, 5.41) is 0.418. The topological polar surface area (TPSA) is 66.7 Å². The van der Waals surface area contributed by atoms with Gasteiger partial charge in [0, 0.05) is 31.2 Å². The Morgan fingerprint density at radius 3 is 2.63 bits per heavy atom. The highest BCUT2D eigenvalue weighted by Crippen LogP contribution is 2.22. The standard InChI is InChI=1S/C19H20ClN3O3S/c1-14-5-6-18-17(11-14)21-19(26-18)13-22-7-9-23(10-8-22)27(24,25)16-4-2-3-15(20)12-16/h2-6,11-12H,7-10,13H2,1H3. The van der Waals surface area contributed by atoms with Gasteiger partial charge in [-0.1, -0.05) is 23.7 Å². The summed E-state index contributed by atoms with van der Waals surface area (Å²) >= 11 is 5.94. The number of fused-ring (bicyclic) bond motifs is 1. The lowest BCUT2D eigenvalue weighted by molar-refractivity contribution is 0.169. The van der Waals surface area contributed by atoms with E-state index in [-0.39, 0.29) is 4.90 Å². The van der Waals surface area contributed by atoms with Crippen molar-refractivity contribution in [2.45, 2.75) is 18.4 Å². The van der Waals surface area contributed by atoms with Crippen molar-refractivity contribution >= 4 is 32.7 Å². The highest BCUT2D eigenvalue weighted by Gasteiger charge is 2.29. The number of aryl methyl sites for hydroxylation is 1. The average molecular weight is 406 g/mol. The van der Waals surface area contributed by atoms with Crippen molar-refractivity contribution in [1.29, 1.82) is 0 Å². The summed E-state index contributed by atoms with van der Waals surface area (Å²) in [4.78, 5) is 6.93. The molecule has 1 fully saturated rings. The lowest BCUT2D eigenvalue weighted by Crippen LogP contribution is -2.48. The van der Waals surface area contributed by atoms with E-state index in [0.29, 0.717) is 43.6 Å². The lowest BCUT2D eigenvalue weighted by atomic mass is 10.2. The Morgan fingerprint density at radius 2 is 1.89 bits per heavy atom. The van der Waals surface area contributed by atoms with Gasteiger partial charge in [-0.25, -0.2) is 13.4 Å². The van der Waals surface area contributed by atoms with Crippen molar-refractivity contribution in [1.82, 2.24) is 14.2 Å². The third-order valence-corrected chi connectivity index (χ3v) is 6.84. The van der Waals surface area contributed by atoms with Gasteiger partial charge >= 0.3 is 0 Å². The first-order chi connectivity index (χ1) is 12.9. The Morgan fingerprint density at radius 1 is 1.11 bits per heavy atom. The number of sulfonamides is 1. The predicted molar refractivity (Wildman–Crippen MR) is 104 cm³/mol. The smallest absolute Gasteiger partial charge is 0.243 e. The zero-order valence-electron chi connectivity index (χ0n) is 14.9. The average Bonchev–Trinajstić information content (AvgIpc) is 3.03. The van der Waals surface area contributed by atoms with Gasteiger partial charge in [-0.2, -0.15) is 4.31 Å². The Hall–Kier alpha value is -1.93. The lowest BCUT2D eigenvalue weighted by Gasteiger charge is -2.33. The molecule has 1 aliphatic rings. The van der Waals surface area contributed by atoms with Crippen LogP contribution in [0.1, 0.15) is 11.5 Å². The number of oxazole rings is 1. The molecule has 0 N–H and O–H groups in total. The van der Waals surface area contributed by atoms with E-state index in [0.717, 1.165) is 16.7 Å². The number of piperazine rings is 1. The number of benzene rings is 2.